The number of unbranched alkanes of at least 4 members (excludes halogenated alkanes) is 78. The van der Waals surface area contributed by atoms with E-state index in [4.69, 9.17) is 47.4 Å². The molecule has 2 aliphatic rings. The first-order valence-electron chi connectivity index (χ1n) is 62.5. The zero-order chi connectivity index (χ0) is 105. The molecule has 8 atom stereocenters. The third-order valence-electron chi connectivity index (χ3n) is 29.3. The predicted octanol–water partition coefficient (Wildman–Crippen LogP) is 35.2. The molecule has 2 saturated heterocycles. The minimum Gasteiger partial charge on any atom is -0.463 e. The van der Waals surface area contributed by atoms with E-state index < -0.39 is 97.0 Å². The summed E-state index contributed by atoms with van der Waals surface area (Å²) in [4.78, 5) is 110. The van der Waals surface area contributed by atoms with Crippen LogP contribution >= 0.6 is 0 Å². The molecule has 2 unspecified atom stereocenters. The number of ether oxygens (including phenoxy) is 10. The quantitative estimate of drug-likeness (QED) is 0.0313. The highest BCUT2D eigenvalue weighted by molar-refractivity contribution is 5.73. The number of hydrogen-bond donors (Lipinski definition) is 0. The number of carbonyl (C=O) groups excluding carboxylic acids is 8. The van der Waals surface area contributed by atoms with Crippen LogP contribution in [0.3, 0.4) is 0 Å². The van der Waals surface area contributed by atoms with E-state index in [1.165, 1.54) is 385 Å². The fourth-order valence-corrected chi connectivity index (χ4v) is 20.0. The van der Waals surface area contributed by atoms with Crippen LogP contribution < -0.4 is 0 Å². The number of carbonyl (C=O) groups is 8. The van der Waals surface area contributed by atoms with Crippen molar-refractivity contribution in [2.45, 2.75) is 694 Å². The molecule has 0 spiro atoms. The standard InChI is InChI=1S/C65H123NO9.C59H111NO9/c1-6-9-12-15-18-21-24-27-30-33-36-39-42-45-48-52-60(68)73-63-58(57-71-59(67)55-51-56-66(4)5)72-65(75-62(70)54-50-47-44-41-38-35-32-29-26-23-20-17-14-11-8-3)64(63)74-61(69)53-49-46-43-40-37-34-31-28-25-22-19-16-13-10-7-2;1-6-9-12-15-18-21-24-27-30-33-36-39-42-46-54(62)67-57-52(51-65-53(61)49-45-50-60(4)5)66-59(69-56(64)48-44-41-38-35-32-29-26-23-20-17-14-11-8-3)58(57)68-55(63)47-43-40-37-34-31-28-25-22-19-16-13-10-7-2/h58,63-65H,6-57H2,1-5H3;52,57-59H,6-51H2,1-5H3/t58-,63?,64+,65+;52-,57?,58+,59+/m11/s1. The zero-order valence-electron chi connectivity index (χ0n) is 96.2. The summed E-state index contributed by atoms with van der Waals surface area (Å²) < 4.78 is 60.0. The molecule has 0 aromatic carbocycles. The van der Waals surface area contributed by atoms with Gasteiger partial charge in [-0.2, -0.15) is 0 Å². The molecule has 0 aliphatic carbocycles. The summed E-state index contributed by atoms with van der Waals surface area (Å²) in [6, 6.07) is 0. The van der Waals surface area contributed by atoms with Crippen molar-refractivity contribution < 1.29 is 85.7 Å². The molecular weight excluding hydrogens is 1810 g/mol. The van der Waals surface area contributed by atoms with Crippen molar-refractivity contribution >= 4 is 47.8 Å². The van der Waals surface area contributed by atoms with Gasteiger partial charge in [-0.1, -0.05) is 542 Å². The van der Waals surface area contributed by atoms with Gasteiger partial charge in [-0.25, -0.2) is 0 Å². The Hall–Kier alpha value is -4.40. The summed E-state index contributed by atoms with van der Waals surface area (Å²) in [5.74, 6) is -3.40. The summed E-state index contributed by atoms with van der Waals surface area (Å²) in [5, 5.41) is 0. The summed E-state index contributed by atoms with van der Waals surface area (Å²) in [6.07, 6.45) is 96.5. The van der Waals surface area contributed by atoms with Crippen LogP contribution in [0.4, 0.5) is 0 Å². The Morgan fingerprint density at radius 2 is 0.299 bits per heavy atom. The maximum absolute atomic E-state index is 13.6. The Morgan fingerprint density at radius 1 is 0.167 bits per heavy atom. The molecule has 0 bridgehead atoms. The van der Waals surface area contributed by atoms with Crippen molar-refractivity contribution in [2.75, 3.05) is 54.5 Å². The lowest BCUT2D eigenvalue weighted by Crippen LogP contribution is -2.42. The van der Waals surface area contributed by atoms with Gasteiger partial charge in [0.15, 0.2) is 12.2 Å². The molecule has 2 fully saturated rings. The molecule has 2 rings (SSSR count). The molecular formula is C124H234N2O18. The van der Waals surface area contributed by atoms with Gasteiger partial charge in [0.05, 0.1) is 0 Å². The predicted molar refractivity (Wildman–Crippen MR) is 596 cm³/mol. The van der Waals surface area contributed by atoms with E-state index in [1.54, 1.807) is 0 Å². The van der Waals surface area contributed by atoms with Crippen LogP contribution in [0.25, 0.3) is 0 Å². The van der Waals surface area contributed by atoms with E-state index in [2.05, 4.69) is 41.5 Å². The van der Waals surface area contributed by atoms with E-state index in [-0.39, 0.29) is 64.6 Å². The van der Waals surface area contributed by atoms with E-state index in [1.807, 2.05) is 38.0 Å². The summed E-state index contributed by atoms with van der Waals surface area (Å²) in [7, 11) is 7.82. The highest BCUT2D eigenvalue weighted by Crippen LogP contribution is 2.34. The van der Waals surface area contributed by atoms with E-state index in [0.29, 0.717) is 51.4 Å². The Balaban J connectivity index is 0.00000145. The second kappa shape index (κ2) is 106. The van der Waals surface area contributed by atoms with Gasteiger partial charge in [0, 0.05) is 51.4 Å². The van der Waals surface area contributed by atoms with Crippen molar-refractivity contribution in [1.29, 1.82) is 0 Å². The maximum atomic E-state index is 13.6. The highest BCUT2D eigenvalue weighted by atomic mass is 16.8. The molecule has 0 N–H and O–H groups in total. The van der Waals surface area contributed by atoms with Crippen LogP contribution in [-0.4, -0.2) is 161 Å². The number of nitrogens with zero attached hydrogens (tertiary/aromatic N) is 2. The minimum absolute atomic E-state index is 0.207. The van der Waals surface area contributed by atoms with Gasteiger partial charge >= 0.3 is 47.8 Å². The molecule has 0 aromatic heterocycles. The second-order valence-corrected chi connectivity index (χ2v) is 44.1. The lowest BCUT2D eigenvalue weighted by Gasteiger charge is -2.24. The van der Waals surface area contributed by atoms with Crippen LogP contribution in [-0.2, 0) is 85.7 Å². The van der Waals surface area contributed by atoms with Crippen molar-refractivity contribution in [3.05, 3.63) is 0 Å². The van der Waals surface area contributed by atoms with E-state index in [9.17, 15) is 38.4 Å². The molecule has 0 amide bonds. The highest BCUT2D eigenvalue weighted by Gasteiger charge is 2.54. The SMILES string of the molecule is CCCCCCCCCCCCCCCC(=O)OC1[C@@H](COC(=O)CCCN(C)C)O[C@@H](OC(=O)CCCCCCCCCCCCCCC)[C@H]1OC(=O)CCCCCCCCCCCCCCC.CCCCCCCCCCCCCCCCCC(=O)OC1[C@@H](COC(=O)CCCN(C)C)O[C@@H](OC(=O)CCCCCCCCCCCCCCCCC)[C@H]1OC(=O)CCCCCCCCCCCCCCCCC. The van der Waals surface area contributed by atoms with Gasteiger partial charge in [-0.15, -0.1) is 0 Å². The van der Waals surface area contributed by atoms with Gasteiger partial charge in [-0.3, -0.25) is 38.4 Å². The summed E-state index contributed by atoms with van der Waals surface area (Å²) in [5.41, 5.74) is 0. The molecule has 20 heteroatoms. The lowest BCUT2D eigenvalue weighted by atomic mass is 10.0. The second-order valence-electron chi connectivity index (χ2n) is 44.1. The Kier molecular flexibility index (Phi) is 101. The maximum Gasteiger partial charge on any atom is 0.308 e. The molecule has 848 valence electrons. The fourth-order valence-electron chi connectivity index (χ4n) is 20.0. The first kappa shape index (κ1) is 138. The van der Waals surface area contributed by atoms with Crippen molar-refractivity contribution in [2.24, 2.45) is 0 Å². The third-order valence-corrected chi connectivity index (χ3v) is 29.3. The number of esters is 8. The van der Waals surface area contributed by atoms with Crippen LogP contribution in [0.15, 0.2) is 0 Å². The van der Waals surface area contributed by atoms with Crippen molar-refractivity contribution in [1.82, 2.24) is 9.80 Å². The molecule has 0 aromatic rings. The Morgan fingerprint density at radius 3 is 0.451 bits per heavy atom. The Labute approximate surface area is 887 Å². The van der Waals surface area contributed by atoms with Crippen molar-refractivity contribution in [3.63, 3.8) is 0 Å². The fraction of sp³-hybridized carbons (Fsp3) is 0.935. The van der Waals surface area contributed by atoms with Crippen LogP contribution in [0.5, 0.6) is 0 Å². The lowest BCUT2D eigenvalue weighted by molar-refractivity contribution is -0.200. The topological polar surface area (TPSA) is 235 Å². The van der Waals surface area contributed by atoms with E-state index >= 15 is 0 Å². The summed E-state index contributed by atoms with van der Waals surface area (Å²) >= 11 is 0. The average Bonchev–Trinajstić information content (AvgIpc) is 1.66. The smallest absolute Gasteiger partial charge is 0.308 e. The largest absolute Gasteiger partial charge is 0.463 e. The van der Waals surface area contributed by atoms with Gasteiger partial charge in [0.2, 0.25) is 24.8 Å². The van der Waals surface area contributed by atoms with Gasteiger partial charge in [0.25, 0.3) is 0 Å². The normalized spacial score (nSPS) is 16.6. The van der Waals surface area contributed by atoms with Crippen molar-refractivity contribution in [3.8, 4) is 0 Å². The monoisotopic (exact) mass is 2040 g/mol. The zero-order valence-corrected chi connectivity index (χ0v) is 96.2. The third kappa shape index (κ3) is 89.3. The molecule has 0 radical (unpaired) electrons. The molecule has 20 nitrogen and oxygen atoms in total. The average molecular weight is 2040 g/mol. The number of rotatable bonds is 108. The van der Waals surface area contributed by atoms with E-state index in [0.717, 1.165) is 129 Å². The van der Waals surface area contributed by atoms with Crippen LogP contribution in [0.1, 0.15) is 645 Å². The van der Waals surface area contributed by atoms with Gasteiger partial charge in [-0.05, 0) is 92.6 Å². The summed E-state index contributed by atoms with van der Waals surface area (Å²) in [6.45, 7) is 14.6. The first-order valence-corrected chi connectivity index (χ1v) is 62.5. The molecule has 2 aliphatic heterocycles. The minimum atomic E-state index is -1.28. The van der Waals surface area contributed by atoms with Crippen LogP contribution in [0, 0.1) is 0 Å². The Bertz CT molecular complexity index is 2860. The van der Waals surface area contributed by atoms with Gasteiger partial charge in [0.1, 0.15) is 25.4 Å². The molecule has 144 heavy (non-hydrogen) atoms. The number of hydrogen-bond acceptors (Lipinski definition) is 20. The molecule has 0 saturated carbocycles. The van der Waals surface area contributed by atoms with Crippen LogP contribution in [0.2, 0.25) is 0 Å². The first-order chi connectivity index (χ1) is 70.4. The van der Waals surface area contributed by atoms with Gasteiger partial charge < -0.3 is 57.2 Å². The molecule has 2 heterocycles.